The van der Waals surface area contributed by atoms with Crippen LogP contribution in [0.4, 0.5) is 0 Å². The van der Waals surface area contributed by atoms with Gasteiger partial charge in [0.25, 0.3) is 0 Å². The second-order valence-corrected chi connectivity index (χ2v) is 6.39. The molecule has 0 spiro atoms. The van der Waals surface area contributed by atoms with Crippen molar-refractivity contribution in [2.24, 2.45) is 11.7 Å². The van der Waals surface area contributed by atoms with Gasteiger partial charge >= 0.3 is 0 Å². The summed E-state index contributed by atoms with van der Waals surface area (Å²) in [6, 6.07) is 0.787. The molecule has 2 saturated heterocycles. The molecule has 0 radical (unpaired) electrons. The van der Waals surface area contributed by atoms with Crippen LogP contribution in [0.2, 0.25) is 0 Å². The van der Waals surface area contributed by atoms with Gasteiger partial charge in [-0.05, 0) is 58.2 Å². The lowest BCUT2D eigenvalue weighted by atomic mass is 9.91. The number of nitrogens with zero attached hydrogens (tertiary/aromatic N) is 2. The number of carbonyl (C=O) groups is 1. The Bertz CT molecular complexity index is 343. The van der Waals surface area contributed by atoms with Gasteiger partial charge in [-0.25, -0.2) is 0 Å². The molecule has 0 aromatic carbocycles. The van der Waals surface area contributed by atoms with Crippen LogP contribution in [0.25, 0.3) is 0 Å². The summed E-state index contributed by atoms with van der Waals surface area (Å²) in [4.78, 5) is 16.8. The zero-order valence-corrected chi connectivity index (χ0v) is 12.8. The predicted molar refractivity (Wildman–Crippen MR) is 80.7 cm³/mol. The van der Waals surface area contributed by atoms with Gasteiger partial charge in [0.05, 0.1) is 0 Å². The fourth-order valence-electron chi connectivity index (χ4n) is 3.41. The van der Waals surface area contributed by atoms with Crippen LogP contribution in [0.3, 0.4) is 0 Å². The molecule has 19 heavy (non-hydrogen) atoms. The molecule has 0 aromatic heterocycles. The number of hydrogen-bond donors (Lipinski definition) is 1. The molecule has 0 aliphatic carbocycles. The van der Waals surface area contributed by atoms with Gasteiger partial charge in [-0.1, -0.05) is 0 Å². The Morgan fingerprint density at radius 1 is 1.11 bits per heavy atom. The van der Waals surface area contributed by atoms with Crippen molar-refractivity contribution in [3.8, 4) is 0 Å². The summed E-state index contributed by atoms with van der Waals surface area (Å²) in [5.74, 6) is 0.510. The van der Waals surface area contributed by atoms with Crippen molar-refractivity contribution in [3.05, 3.63) is 0 Å². The van der Waals surface area contributed by atoms with Gasteiger partial charge in [-0.3, -0.25) is 4.79 Å². The molecule has 2 fully saturated rings. The highest BCUT2D eigenvalue weighted by Gasteiger charge is 2.34. The van der Waals surface area contributed by atoms with Crippen LogP contribution in [0.1, 0.15) is 46.0 Å². The molecule has 2 aliphatic heterocycles. The Balaban J connectivity index is 1.95. The van der Waals surface area contributed by atoms with E-state index in [-0.39, 0.29) is 5.92 Å². The molecule has 2 aliphatic rings. The van der Waals surface area contributed by atoms with Crippen molar-refractivity contribution in [2.75, 3.05) is 13.1 Å². The summed E-state index contributed by atoms with van der Waals surface area (Å²) < 4.78 is 0. The van der Waals surface area contributed by atoms with E-state index in [0.29, 0.717) is 23.1 Å². The number of hydrogen-bond acceptors (Lipinski definition) is 2. The van der Waals surface area contributed by atoms with Gasteiger partial charge in [0.1, 0.15) is 0 Å². The molecule has 1 amide bonds. The van der Waals surface area contributed by atoms with Crippen molar-refractivity contribution in [1.29, 1.82) is 0 Å². The maximum atomic E-state index is 12.7. The monoisotopic (exact) mass is 283 g/mol. The number of amides is 1. The van der Waals surface area contributed by atoms with E-state index in [1.807, 2.05) is 4.90 Å². The maximum absolute atomic E-state index is 12.7. The summed E-state index contributed by atoms with van der Waals surface area (Å²) in [5, 5.41) is 0.464. The van der Waals surface area contributed by atoms with E-state index in [0.717, 1.165) is 38.8 Å². The summed E-state index contributed by atoms with van der Waals surface area (Å²) in [6.45, 7) is 6.00. The third-order valence-electron chi connectivity index (χ3n) is 4.60. The van der Waals surface area contributed by atoms with Gasteiger partial charge in [-0.2, -0.15) is 0 Å². The van der Waals surface area contributed by atoms with E-state index < -0.39 is 0 Å². The largest absolute Gasteiger partial charge is 0.376 e. The van der Waals surface area contributed by atoms with E-state index in [2.05, 4.69) is 18.7 Å². The normalized spacial score (nSPS) is 29.4. The molecule has 2 atom stereocenters. The molecule has 2 heterocycles. The second kappa shape index (κ2) is 6.07. The van der Waals surface area contributed by atoms with Crippen LogP contribution in [0, 0.1) is 5.92 Å². The Hall–Kier alpha value is -0.840. The number of nitrogens with two attached hydrogens (primary N) is 1. The van der Waals surface area contributed by atoms with Crippen molar-refractivity contribution < 1.29 is 4.79 Å². The molecular formula is C14H25N3OS. The third kappa shape index (κ3) is 3.19. The van der Waals surface area contributed by atoms with Crippen molar-refractivity contribution in [3.63, 3.8) is 0 Å². The number of rotatable bonds is 1. The first kappa shape index (κ1) is 14.6. The first-order valence-corrected chi connectivity index (χ1v) is 7.78. The summed E-state index contributed by atoms with van der Waals surface area (Å²) >= 11 is 4.99. The fraction of sp³-hybridized carbons (Fsp3) is 0.857. The first-order chi connectivity index (χ1) is 9.00. The SMILES string of the molecule is CC1CCCC(C)N1C(=O)C1CCN(C(N)=S)CC1. The van der Waals surface area contributed by atoms with Gasteiger partial charge in [0.15, 0.2) is 5.11 Å². The number of piperidine rings is 2. The molecule has 5 heteroatoms. The number of likely N-dealkylation sites (tertiary alicyclic amines) is 2. The van der Waals surface area contributed by atoms with Crippen molar-refractivity contribution in [2.45, 2.75) is 58.0 Å². The molecule has 108 valence electrons. The Kier molecular flexibility index (Phi) is 4.66. The third-order valence-corrected chi connectivity index (χ3v) is 4.86. The molecule has 0 saturated carbocycles. The summed E-state index contributed by atoms with van der Waals surface area (Å²) in [7, 11) is 0. The standard InChI is InChI=1S/C14H25N3OS/c1-10-4-3-5-11(2)17(10)13(18)12-6-8-16(9-7-12)14(15)19/h10-12H,3-9H2,1-2H3,(H2,15,19). The van der Waals surface area contributed by atoms with Gasteiger partial charge in [0.2, 0.25) is 5.91 Å². The van der Waals surface area contributed by atoms with Crippen LogP contribution in [-0.4, -0.2) is 46.0 Å². The highest BCUT2D eigenvalue weighted by Crippen LogP contribution is 2.27. The molecule has 2 unspecified atom stereocenters. The highest BCUT2D eigenvalue weighted by molar-refractivity contribution is 7.80. The number of carbonyl (C=O) groups excluding carboxylic acids is 1. The van der Waals surface area contributed by atoms with Gasteiger partial charge in [0, 0.05) is 31.1 Å². The fourth-order valence-corrected chi connectivity index (χ4v) is 3.60. The molecule has 0 aromatic rings. The van der Waals surface area contributed by atoms with Crippen molar-refractivity contribution >= 4 is 23.2 Å². The zero-order valence-electron chi connectivity index (χ0n) is 12.0. The zero-order chi connectivity index (χ0) is 14.0. The molecule has 2 rings (SSSR count). The lowest BCUT2D eigenvalue weighted by molar-refractivity contribution is -0.143. The minimum Gasteiger partial charge on any atom is -0.376 e. The Morgan fingerprint density at radius 3 is 2.11 bits per heavy atom. The van der Waals surface area contributed by atoms with Crippen LogP contribution < -0.4 is 5.73 Å². The van der Waals surface area contributed by atoms with Crippen LogP contribution in [0.15, 0.2) is 0 Å². The van der Waals surface area contributed by atoms with E-state index in [4.69, 9.17) is 18.0 Å². The number of thiocarbonyl (C=S) groups is 1. The molecule has 0 bridgehead atoms. The van der Waals surface area contributed by atoms with Gasteiger partial charge in [-0.15, -0.1) is 0 Å². The van der Waals surface area contributed by atoms with Crippen LogP contribution >= 0.6 is 12.2 Å². The first-order valence-electron chi connectivity index (χ1n) is 7.37. The second-order valence-electron chi connectivity index (χ2n) is 5.97. The maximum Gasteiger partial charge on any atom is 0.226 e. The van der Waals surface area contributed by atoms with E-state index in [1.165, 1.54) is 6.42 Å². The van der Waals surface area contributed by atoms with Crippen LogP contribution in [-0.2, 0) is 4.79 Å². The smallest absolute Gasteiger partial charge is 0.226 e. The Morgan fingerprint density at radius 2 is 1.63 bits per heavy atom. The Labute approximate surface area is 121 Å². The van der Waals surface area contributed by atoms with E-state index >= 15 is 0 Å². The van der Waals surface area contributed by atoms with Gasteiger partial charge < -0.3 is 15.5 Å². The lowest BCUT2D eigenvalue weighted by Crippen LogP contribution is -2.52. The minimum absolute atomic E-state index is 0.161. The average molecular weight is 283 g/mol. The van der Waals surface area contributed by atoms with E-state index in [1.54, 1.807) is 0 Å². The quantitative estimate of drug-likeness (QED) is 0.745. The highest BCUT2D eigenvalue weighted by atomic mass is 32.1. The topological polar surface area (TPSA) is 49.6 Å². The summed E-state index contributed by atoms with van der Waals surface area (Å²) in [5.41, 5.74) is 5.64. The summed E-state index contributed by atoms with van der Waals surface area (Å²) in [6.07, 6.45) is 5.29. The van der Waals surface area contributed by atoms with E-state index in [9.17, 15) is 4.79 Å². The van der Waals surface area contributed by atoms with Crippen LogP contribution in [0.5, 0.6) is 0 Å². The molecule has 2 N–H and O–H groups in total. The lowest BCUT2D eigenvalue weighted by Gasteiger charge is -2.42. The van der Waals surface area contributed by atoms with Crippen molar-refractivity contribution in [1.82, 2.24) is 9.80 Å². The predicted octanol–water partition coefficient (Wildman–Crippen LogP) is 1.73. The average Bonchev–Trinajstić information content (AvgIpc) is 2.38. The molecule has 4 nitrogen and oxygen atoms in total. The minimum atomic E-state index is 0.161. The molecular weight excluding hydrogens is 258 g/mol.